The van der Waals surface area contributed by atoms with E-state index >= 15 is 0 Å². The Morgan fingerprint density at radius 1 is 0.949 bits per heavy atom. The number of carbonyl (C=O) groups excluding carboxylic acids is 3. The fraction of sp³-hybridized carbons (Fsp3) is 0.0357. The summed E-state index contributed by atoms with van der Waals surface area (Å²) in [5, 5.41) is 15.5. The average Bonchev–Trinajstić information content (AvgIpc) is 2.90. The number of nitro groups is 1. The summed E-state index contributed by atoms with van der Waals surface area (Å²) in [4.78, 5) is 49.6. The molecule has 1 fully saturated rings. The van der Waals surface area contributed by atoms with Gasteiger partial charge in [-0.2, -0.15) is 0 Å². The molecule has 4 aromatic rings. The van der Waals surface area contributed by atoms with Crippen LogP contribution in [0.15, 0.2) is 84.4 Å². The SMILES string of the molecule is O=C1NC(=O)N(c2ccc([N+](=O)[O-])cc2)C(=O)/C1=C/c1cc(Cl)cc(Cl)c1OCc1cccc2ccccc12. The Kier molecular flexibility index (Phi) is 7.02. The van der Waals surface area contributed by atoms with Gasteiger partial charge in [-0.25, -0.2) is 9.69 Å². The number of hydrogen-bond donors (Lipinski definition) is 1. The Hall–Kier alpha value is -4.73. The smallest absolute Gasteiger partial charge is 0.335 e. The third kappa shape index (κ3) is 5.18. The molecule has 11 heteroatoms. The summed E-state index contributed by atoms with van der Waals surface area (Å²) in [5.74, 6) is -1.69. The molecule has 39 heavy (non-hydrogen) atoms. The summed E-state index contributed by atoms with van der Waals surface area (Å²) >= 11 is 12.7. The number of nitrogens with zero attached hydrogens (tertiary/aromatic N) is 2. The zero-order valence-electron chi connectivity index (χ0n) is 19.9. The maximum Gasteiger partial charge on any atom is 0.335 e. The van der Waals surface area contributed by atoms with E-state index in [0.717, 1.165) is 28.5 Å². The Morgan fingerprint density at radius 2 is 1.67 bits per heavy atom. The van der Waals surface area contributed by atoms with Crippen molar-refractivity contribution in [2.45, 2.75) is 6.61 Å². The van der Waals surface area contributed by atoms with Crippen LogP contribution in [0.25, 0.3) is 16.8 Å². The Bertz CT molecular complexity index is 1700. The number of urea groups is 1. The molecule has 4 aromatic carbocycles. The molecule has 1 aliphatic heterocycles. The van der Waals surface area contributed by atoms with E-state index in [0.29, 0.717) is 4.90 Å². The quantitative estimate of drug-likeness (QED) is 0.128. The van der Waals surface area contributed by atoms with Crippen LogP contribution in [-0.4, -0.2) is 22.8 Å². The first kappa shape index (κ1) is 25.9. The zero-order chi connectivity index (χ0) is 27.7. The van der Waals surface area contributed by atoms with E-state index in [9.17, 15) is 24.5 Å². The molecule has 0 aromatic heterocycles. The van der Waals surface area contributed by atoms with Gasteiger partial charge in [-0.1, -0.05) is 65.7 Å². The van der Waals surface area contributed by atoms with E-state index in [4.69, 9.17) is 27.9 Å². The van der Waals surface area contributed by atoms with Crippen LogP contribution in [0.2, 0.25) is 10.0 Å². The van der Waals surface area contributed by atoms with Gasteiger partial charge in [0.25, 0.3) is 17.5 Å². The van der Waals surface area contributed by atoms with Crippen LogP contribution in [-0.2, 0) is 16.2 Å². The molecule has 1 heterocycles. The number of halogens is 2. The zero-order valence-corrected chi connectivity index (χ0v) is 21.4. The van der Waals surface area contributed by atoms with Crippen molar-refractivity contribution in [1.82, 2.24) is 5.32 Å². The van der Waals surface area contributed by atoms with Gasteiger partial charge < -0.3 is 4.74 Å². The highest BCUT2D eigenvalue weighted by atomic mass is 35.5. The second kappa shape index (κ2) is 10.6. The monoisotopic (exact) mass is 561 g/mol. The van der Waals surface area contributed by atoms with Gasteiger partial charge in [0.15, 0.2) is 0 Å². The minimum atomic E-state index is -0.993. The number of ether oxygens (including phenoxy) is 1. The lowest BCUT2D eigenvalue weighted by atomic mass is 10.0. The Morgan fingerprint density at radius 3 is 2.41 bits per heavy atom. The van der Waals surface area contributed by atoms with Crippen molar-refractivity contribution in [3.8, 4) is 5.75 Å². The number of barbiturate groups is 1. The van der Waals surface area contributed by atoms with E-state index in [1.54, 1.807) is 0 Å². The van der Waals surface area contributed by atoms with E-state index in [2.05, 4.69) is 5.32 Å². The number of amides is 4. The first-order valence-corrected chi connectivity index (χ1v) is 12.2. The molecule has 1 N–H and O–H groups in total. The fourth-order valence-electron chi connectivity index (χ4n) is 4.18. The normalized spacial score (nSPS) is 14.6. The summed E-state index contributed by atoms with van der Waals surface area (Å²) in [6.07, 6.45) is 1.23. The number of imide groups is 2. The minimum absolute atomic E-state index is 0.0399. The van der Waals surface area contributed by atoms with Gasteiger partial charge in [0.1, 0.15) is 17.9 Å². The average molecular weight is 562 g/mol. The lowest BCUT2D eigenvalue weighted by molar-refractivity contribution is -0.384. The number of carbonyl (C=O) groups is 3. The van der Waals surface area contributed by atoms with Crippen molar-refractivity contribution >= 4 is 69.3 Å². The standard InChI is InChI=1S/C28H17Cl2N3O6/c29-19-12-18(25(24(30)14-19)39-15-17-6-3-5-16-4-1-2-7-22(16)17)13-23-26(34)31-28(36)32(27(23)35)20-8-10-21(11-9-20)33(37)38/h1-14H,15H2,(H,31,34,36)/b23-13+. The predicted octanol–water partition coefficient (Wildman–Crippen LogP) is 6.30. The minimum Gasteiger partial charge on any atom is -0.487 e. The molecular weight excluding hydrogens is 545 g/mol. The third-order valence-corrected chi connectivity index (χ3v) is 6.51. The van der Waals surface area contributed by atoms with Crippen molar-refractivity contribution in [3.05, 3.63) is 116 Å². The fourth-order valence-corrected chi connectivity index (χ4v) is 4.74. The maximum absolute atomic E-state index is 13.3. The molecule has 1 saturated heterocycles. The van der Waals surface area contributed by atoms with Crippen molar-refractivity contribution in [1.29, 1.82) is 0 Å². The molecule has 194 valence electrons. The number of hydrogen-bond acceptors (Lipinski definition) is 6. The predicted molar refractivity (Wildman–Crippen MR) is 147 cm³/mol. The van der Waals surface area contributed by atoms with Gasteiger partial charge in [-0.3, -0.25) is 25.0 Å². The van der Waals surface area contributed by atoms with Crippen LogP contribution >= 0.6 is 23.2 Å². The van der Waals surface area contributed by atoms with Gasteiger partial charge in [0, 0.05) is 22.7 Å². The van der Waals surface area contributed by atoms with Crippen LogP contribution < -0.4 is 15.0 Å². The second-order valence-electron chi connectivity index (χ2n) is 8.46. The van der Waals surface area contributed by atoms with Crippen molar-refractivity contribution in [3.63, 3.8) is 0 Å². The number of non-ortho nitro benzene ring substituents is 1. The summed E-state index contributed by atoms with van der Waals surface area (Å²) in [7, 11) is 0. The number of nitrogens with one attached hydrogen (secondary N) is 1. The van der Waals surface area contributed by atoms with E-state index in [-0.39, 0.29) is 44.9 Å². The van der Waals surface area contributed by atoms with Gasteiger partial charge in [0.05, 0.1) is 15.6 Å². The highest BCUT2D eigenvalue weighted by molar-refractivity contribution is 6.40. The summed E-state index contributed by atoms with van der Waals surface area (Å²) in [6.45, 7) is 0.131. The lowest BCUT2D eigenvalue weighted by Gasteiger charge is -2.26. The molecule has 0 bridgehead atoms. The van der Waals surface area contributed by atoms with E-state index in [1.165, 1.54) is 30.3 Å². The van der Waals surface area contributed by atoms with E-state index in [1.807, 2.05) is 42.5 Å². The Labute approximate surface area is 231 Å². The van der Waals surface area contributed by atoms with Crippen molar-refractivity contribution in [2.75, 3.05) is 4.90 Å². The Balaban J connectivity index is 1.50. The number of fused-ring (bicyclic) bond motifs is 1. The van der Waals surface area contributed by atoms with Crippen LogP contribution in [0.1, 0.15) is 11.1 Å². The molecule has 1 aliphatic rings. The number of rotatable bonds is 6. The molecule has 0 saturated carbocycles. The number of benzene rings is 4. The van der Waals surface area contributed by atoms with Gasteiger partial charge >= 0.3 is 6.03 Å². The number of nitro benzene ring substituents is 1. The summed E-state index contributed by atoms with van der Waals surface area (Å²) in [5.41, 5.74) is 0.555. The second-order valence-corrected chi connectivity index (χ2v) is 9.31. The van der Waals surface area contributed by atoms with Crippen LogP contribution in [0.5, 0.6) is 5.75 Å². The van der Waals surface area contributed by atoms with Crippen LogP contribution in [0.3, 0.4) is 0 Å². The molecule has 0 atom stereocenters. The number of anilines is 1. The third-order valence-electron chi connectivity index (χ3n) is 6.01. The maximum atomic E-state index is 13.3. The van der Waals surface area contributed by atoms with Gasteiger partial charge in [0.2, 0.25) is 0 Å². The molecule has 0 unspecified atom stereocenters. The van der Waals surface area contributed by atoms with Crippen LogP contribution in [0, 0.1) is 10.1 Å². The molecule has 4 amide bonds. The lowest BCUT2D eigenvalue weighted by Crippen LogP contribution is -2.54. The van der Waals surface area contributed by atoms with Crippen molar-refractivity contribution in [2.24, 2.45) is 0 Å². The van der Waals surface area contributed by atoms with E-state index < -0.39 is 22.8 Å². The van der Waals surface area contributed by atoms with Gasteiger partial charge in [-0.05, 0) is 46.7 Å². The molecule has 0 aliphatic carbocycles. The molecule has 5 rings (SSSR count). The van der Waals surface area contributed by atoms with Crippen LogP contribution in [0.4, 0.5) is 16.2 Å². The highest BCUT2D eigenvalue weighted by Crippen LogP contribution is 2.36. The summed E-state index contributed by atoms with van der Waals surface area (Å²) < 4.78 is 6.07. The summed E-state index contributed by atoms with van der Waals surface area (Å²) in [6, 6.07) is 20.3. The highest BCUT2D eigenvalue weighted by Gasteiger charge is 2.37. The first-order chi connectivity index (χ1) is 18.7. The topological polar surface area (TPSA) is 119 Å². The first-order valence-electron chi connectivity index (χ1n) is 11.5. The molecule has 0 radical (unpaired) electrons. The van der Waals surface area contributed by atoms with Gasteiger partial charge in [-0.15, -0.1) is 0 Å². The largest absolute Gasteiger partial charge is 0.487 e. The molecule has 9 nitrogen and oxygen atoms in total. The molecular formula is C28H17Cl2N3O6. The molecule has 0 spiro atoms. The van der Waals surface area contributed by atoms with Crippen molar-refractivity contribution < 1.29 is 24.0 Å².